The first-order valence-electron chi connectivity index (χ1n) is 9.18. The SMILES string of the molecule is CCNC(=O)NC(=O)COC(=O)[C@@H]1CCCC[C@H]1c1nc2ccccc2s1. The maximum atomic E-state index is 12.6. The molecule has 0 spiro atoms. The van der Waals surface area contributed by atoms with Crippen molar-refractivity contribution < 1.29 is 19.1 Å². The lowest BCUT2D eigenvalue weighted by molar-refractivity contribution is -0.154. The maximum Gasteiger partial charge on any atom is 0.321 e. The predicted molar refractivity (Wildman–Crippen MR) is 102 cm³/mol. The van der Waals surface area contributed by atoms with Crippen LogP contribution in [0, 0.1) is 5.92 Å². The number of thiazole rings is 1. The minimum absolute atomic E-state index is 0.00935. The highest BCUT2D eigenvalue weighted by Gasteiger charge is 2.35. The second-order valence-corrected chi connectivity index (χ2v) is 7.59. The molecule has 1 aromatic heterocycles. The monoisotopic (exact) mass is 389 g/mol. The van der Waals surface area contributed by atoms with Crippen molar-refractivity contribution in [2.75, 3.05) is 13.2 Å². The molecule has 0 unspecified atom stereocenters. The molecular formula is C19H23N3O4S. The Morgan fingerprint density at radius 3 is 2.78 bits per heavy atom. The molecule has 0 radical (unpaired) electrons. The molecule has 27 heavy (non-hydrogen) atoms. The summed E-state index contributed by atoms with van der Waals surface area (Å²) in [5.74, 6) is -1.33. The van der Waals surface area contributed by atoms with E-state index in [1.54, 1.807) is 18.3 Å². The third-order valence-electron chi connectivity index (χ3n) is 4.63. The molecule has 1 fully saturated rings. The zero-order valence-electron chi connectivity index (χ0n) is 15.2. The van der Waals surface area contributed by atoms with Crippen LogP contribution in [-0.2, 0) is 14.3 Å². The highest BCUT2D eigenvalue weighted by molar-refractivity contribution is 7.18. The van der Waals surface area contributed by atoms with Gasteiger partial charge in [-0.05, 0) is 31.9 Å². The van der Waals surface area contributed by atoms with Crippen LogP contribution in [0.1, 0.15) is 43.5 Å². The lowest BCUT2D eigenvalue weighted by Crippen LogP contribution is -2.41. The number of fused-ring (bicyclic) bond motifs is 1. The molecule has 3 amide bonds. The van der Waals surface area contributed by atoms with Crippen LogP contribution in [0.2, 0.25) is 0 Å². The van der Waals surface area contributed by atoms with Crippen LogP contribution >= 0.6 is 11.3 Å². The number of ether oxygens (including phenoxy) is 1. The number of esters is 1. The fraction of sp³-hybridized carbons (Fsp3) is 0.474. The summed E-state index contributed by atoms with van der Waals surface area (Å²) in [6.07, 6.45) is 3.59. The van der Waals surface area contributed by atoms with Crippen molar-refractivity contribution in [3.63, 3.8) is 0 Å². The van der Waals surface area contributed by atoms with E-state index in [-0.39, 0.29) is 11.8 Å². The molecule has 1 saturated carbocycles. The van der Waals surface area contributed by atoms with Crippen LogP contribution in [0.4, 0.5) is 4.79 Å². The number of imide groups is 1. The Hall–Kier alpha value is -2.48. The van der Waals surface area contributed by atoms with Crippen molar-refractivity contribution in [3.05, 3.63) is 29.3 Å². The number of amides is 3. The Bertz CT molecular complexity index is 802. The average Bonchev–Trinajstić information content (AvgIpc) is 3.10. The number of nitrogens with zero attached hydrogens (tertiary/aromatic N) is 1. The van der Waals surface area contributed by atoms with E-state index in [1.807, 2.05) is 24.3 Å². The predicted octanol–water partition coefficient (Wildman–Crippen LogP) is 2.96. The van der Waals surface area contributed by atoms with E-state index >= 15 is 0 Å². The van der Waals surface area contributed by atoms with Crippen molar-refractivity contribution in [1.82, 2.24) is 15.6 Å². The number of benzene rings is 1. The topological polar surface area (TPSA) is 97.4 Å². The first-order chi connectivity index (χ1) is 13.1. The fourth-order valence-electron chi connectivity index (χ4n) is 3.37. The van der Waals surface area contributed by atoms with Gasteiger partial charge in [0.05, 0.1) is 21.1 Å². The van der Waals surface area contributed by atoms with Gasteiger partial charge in [-0.3, -0.25) is 14.9 Å². The number of para-hydroxylation sites is 1. The van der Waals surface area contributed by atoms with Gasteiger partial charge in [0, 0.05) is 12.5 Å². The zero-order valence-corrected chi connectivity index (χ0v) is 16.0. The molecule has 0 bridgehead atoms. The highest BCUT2D eigenvalue weighted by Crippen LogP contribution is 2.41. The van der Waals surface area contributed by atoms with Crippen molar-refractivity contribution in [2.45, 2.75) is 38.5 Å². The maximum absolute atomic E-state index is 12.6. The van der Waals surface area contributed by atoms with E-state index in [0.29, 0.717) is 6.54 Å². The molecule has 7 nitrogen and oxygen atoms in total. The first kappa shape index (κ1) is 19.3. The minimum atomic E-state index is -0.637. The Labute approximate surface area is 161 Å². The van der Waals surface area contributed by atoms with Crippen LogP contribution in [0.3, 0.4) is 0 Å². The smallest absolute Gasteiger partial charge is 0.321 e. The van der Waals surface area contributed by atoms with Crippen LogP contribution in [-0.4, -0.2) is 36.0 Å². The normalized spacial score (nSPS) is 19.4. The molecule has 3 rings (SSSR count). The number of carbonyl (C=O) groups is 3. The van der Waals surface area contributed by atoms with Gasteiger partial charge in [-0.2, -0.15) is 0 Å². The van der Waals surface area contributed by atoms with Crippen LogP contribution in [0.15, 0.2) is 24.3 Å². The molecule has 2 N–H and O–H groups in total. The third kappa shape index (κ3) is 4.82. The van der Waals surface area contributed by atoms with E-state index in [9.17, 15) is 14.4 Å². The van der Waals surface area contributed by atoms with E-state index in [1.165, 1.54) is 0 Å². The number of rotatable bonds is 5. The molecule has 0 saturated heterocycles. The average molecular weight is 389 g/mol. The summed E-state index contributed by atoms with van der Waals surface area (Å²) in [6.45, 7) is 1.69. The minimum Gasteiger partial charge on any atom is -0.455 e. The van der Waals surface area contributed by atoms with Crippen LogP contribution < -0.4 is 10.6 Å². The number of hydrogen-bond acceptors (Lipinski definition) is 6. The van der Waals surface area contributed by atoms with Gasteiger partial charge in [-0.25, -0.2) is 9.78 Å². The zero-order chi connectivity index (χ0) is 19.2. The Balaban J connectivity index is 1.63. The fourth-order valence-corrected chi connectivity index (χ4v) is 4.54. The first-order valence-corrected chi connectivity index (χ1v) is 10.00. The summed E-state index contributed by atoms with van der Waals surface area (Å²) in [4.78, 5) is 40.3. The molecule has 1 aliphatic rings. The van der Waals surface area contributed by atoms with Gasteiger partial charge in [-0.1, -0.05) is 25.0 Å². The molecule has 2 aromatic rings. The van der Waals surface area contributed by atoms with Crippen molar-refractivity contribution in [1.29, 1.82) is 0 Å². The second kappa shape index (κ2) is 8.94. The lowest BCUT2D eigenvalue weighted by atomic mass is 9.79. The Morgan fingerprint density at radius 2 is 2.00 bits per heavy atom. The number of urea groups is 1. The Kier molecular flexibility index (Phi) is 6.39. The van der Waals surface area contributed by atoms with E-state index in [2.05, 4.69) is 10.6 Å². The van der Waals surface area contributed by atoms with Crippen LogP contribution in [0.25, 0.3) is 10.2 Å². The van der Waals surface area contributed by atoms with E-state index < -0.39 is 24.5 Å². The summed E-state index contributed by atoms with van der Waals surface area (Å²) in [5, 5.41) is 5.52. The standard InChI is InChI=1S/C19H23N3O4S/c1-2-20-19(25)22-16(23)11-26-18(24)13-8-4-3-7-12(13)17-21-14-9-5-6-10-15(14)27-17/h5-6,9-10,12-13H,2-4,7-8,11H2,1H3,(H2,20,22,23,25)/t12-,13-/m1/s1. The van der Waals surface area contributed by atoms with Crippen molar-refractivity contribution in [3.8, 4) is 0 Å². The third-order valence-corrected chi connectivity index (χ3v) is 5.80. The summed E-state index contributed by atoms with van der Waals surface area (Å²) < 4.78 is 6.30. The molecule has 2 atom stereocenters. The lowest BCUT2D eigenvalue weighted by Gasteiger charge is -2.28. The molecule has 1 aromatic carbocycles. The van der Waals surface area contributed by atoms with Gasteiger partial charge in [0.1, 0.15) is 0 Å². The van der Waals surface area contributed by atoms with Gasteiger partial charge in [0.25, 0.3) is 5.91 Å². The molecule has 1 aliphatic carbocycles. The summed E-state index contributed by atoms with van der Waals surface area (Å²) in [6, 6.07) is 7.33. The number of aromatic nitrogens is 1. The molecule has 1 heterocycles. The number of hydrogen-bond donors (Lipinski definition) is 2. The molecular weight excluding hydrogens is 366 g/mol. The van der Waals surface area contributed by atoms with E-state index in [0.717, 1.165) is 40.9 Å². The molecule has 8 heteroatoms. The summed E-state index contributed by atoms with van der Waals surface area (Å²) in [5.41, 5.74) is 0.941. The van der Waals surface area contributed by atoms with Crippen molar-refractivity contribution in [2.24, 2.45) is 5.92 Å². The van der Waals surface area contributed by atoms with Gasteiger partial charge in [0.15, 0.2) is 6.61 Å². The number of nitrogens with one attached hydrogen (secondary N) is 2. The largest absolute Gasteiger partial charge is 0.455 e. The second-order valence-electron chi connectivity index (χ2n) is 6.53. The number of carbonyl (C=O) groups excluding carboxylic acids is 3. The quantitative estimate of drug-likeness (QED) is 0.766. The summed E-state index contributed by atoms with van der Waals surface area (Å²) in [7, 11) is 0. The Morgan fingerprint density at radius 1 is 1.22 bits per heavy atom. The van der Waals surface area contributed by atoms with Gasteiger partial charge >= 0.3 is 12.0 Å². The molecule has 0 aliphatic heterocycles. The van der Waals surface area contributed by atoms with Gasteiger partial charge in [-0.15, -0.1) is 11.3 Å². The van der Waals surface area contributed by atoms with Gasteiger partial charge in [0.2, 0.25) is 0 Å². The van der Waals surface area contributed by atoms with E-state index in [4.69, 9.17) is 9.72 Å². The van der Waals surface area contributed by atoms with Crippen LogP contribution in [0.5, 0.6) is 0 Å². The van der Waals surface area contributed by atoms with Gasteiger partial charge < -0.3 is 10.1 Å². The van der Waals surface area contributed by atoms with Crippen molar-refractivity contribution >= 4 is 39.5 Å². The summed E-state index contributed by atoms with van der Waals surface area (Å²) >= 11 is 1.61. The molecule has 144 valence electrons. The highest BCUT2D eigenvalue weighted by atomic mass is 32.1.